The molecule has 0 radical (unpaired) electrons. The van der Waals surface area contributed by atoms with Gasteiger partial charge in [-0.15, -0.1) is 5.10 Å². The summed E-state index contributed by atoms with van der Waals surface area (Å²) in [5.41, 5.74) is 2.42. The van der Waals surface area contributed by atoms with E-state index >= 15 is 0 Å². The van der Waals surface area contributed by atoms with Gasteiger partial charge in [0.1, 0.15) is 17.5 Å². The van der Waals surface area contributed by atoms with Crippen molar-refractivity contribution in [3.05, 3.63) is 42.7 Å². The van der Waals surface area contributed by atoms with E-state index in [1.54, 1.807) is 31.5 Å². The third-order valence-corrected chi connectivity index (χ3v) is 6.28. The van der Waals surface area contributed by atoms with Crippen LogP contribution in [-0.4, -0.2) is 56.2 Å². The number of hydrogen-bond acceptors (Lipinski definition) is 8. The van der Waals surface area contributed by atoms with E-state index in [1.807, 2.05) is 12.1 Å². The average molecular weight is 437 g/mol. The van der Waals surface area contributed by atoms with Crippen LogP contribution >= 0.6 is 0 Å². The lowest BCUT2D eigenvalue weighted by Gasteiger charge is -2.38. The third-order valence-electron chi connectivity index (χ3n) is 6.28. The number of piperidine rings is 1. The van der Waals surface area contributed by atoms with Crippen molar-refractivity contribution >= 4 is 0 Å². The number of nitrogens with one attached hydrogen (secondary N) is 1. The van der Waals surface area contributed by atoms with Gasteiger partial charge in [-0.1, -0.05) is 11.2 Å². The standard InChI is InChI=1S/C23H24FN5O3/c1-23-7-5-16(27-23)21(24)19(11-23)32-22-26-12-17(28-29-22)15-4-3-13(9-18(15)30)14-6-8-25-20(10-14)31-2/h3-4,6,8-10,12,16,19,21,27,30H,5,7,11H2,1-2H3/t16?,19-,21+,23-/m1/s1. The lowest BCUT2D eigenvalue weighted by Crippen LogP contribution is -2.57. The zero-order chi connectivity index (χ0) is 22.3. The normalized spacial score (nSPS) is 26.7. The van der Waals surface area contributed by atoms with Gasteiger partial charge in [0.05, 0.1) is 13.3 Å². The Morgan fingerprint density at radius 1 is 1.16 bits per heavy atom. The fourth-order valence-electron chi connectivity index (χ4n) is 4.59. The van der Waals surface area contributed by atoms with Crippen molar-refractivity contribution in [1.82, 2.24) is 25.5 Å². The lowest BCUT2D eigenvalue weighted by molar-refractivity contribution is 0.0203. The molecule has 1 aromatic carbocycles. The molecule has 1 unspecified atom stereocenters. The molecule has 5 rings (SSSR count). The molecule has 2 fully saturated rings. The largest absolute Gasteiger partial charge is 0.507 e. The van der Waals surface area contributed by atoms with E-state index in [9.17, 15) is 9.50 Å². The van der Waals surface area contributed by atoms with E-state index in [1.165, 1.54) is 6.20 Å². The molecule has 8 nitrogen and oxygen atoms in total. The first-order valence-electron chi connectivity index (χ1n) is 10.6. The van der Waals surface area contributed by atoms with E-state index < -0.39 is 12.3 Å². The van der Waals surface area contributed by atoms with Gasteiger partial charge in [0, 0.05) is 35.8 Å². The maximum Gasteiger partial charge on any atom is 0.336 e. The van der Waals surface area contributed by atoms with Crippen LogP contribution in [0.25, 0.3) is 22.4 Å². The van der Waals surface area contributed by atoms with E-state index in [0.717, 1.165) is 24.0 Å². The summed E-state index contributed by atoms with van der Waals surface area (Å²) in [5, 5.41) is 22.1. The summed E-state index contributed by atoms with van der Waals surface area (Å²) in [4.78, 5) is 8.29. The highest BCUT2D eigenvalue weighted by molar-refractivity contribution is 5.74. The quantitative estimate of drug-likeness (QED) is 0.627. The molecule has 4 atom stereocenters. The van der Waals surface area contributed by atoms with Crippen molar-refractivity contribution in [1.29, 1.82) is 0 Å². The number of phenolic OH excluding ortho intramolecular Hbond substituents is 1. The molecule has 0 spiro atoms. The number of fused-ring (bicyclic) bond motifs is 2. The average Bonchev–Trinajstić information content (AvgIpc) is 3.15. The predicted molar refractivity (Wildman–Crippen MR) is 115 cm³/mol. The highest BCUT2D eigenvalue weighted by Gasteiger charge is 2.49. The smallest absolute Gasteiger partial charge is 0.336 e. The molecule has 2 aromatic heterocycles. The molecule has 4 heterocycles. The number of phenols is 1. The van der Waals surface area contributed by atoms with Crippen molar-refractivity contribution in [2.75, 3.05) is 7.11 Å². The summed E-state index contributed by atoms with van der Waals surface area (Å²) in [6.45, 7) is 2.09. The van der Waals surface area contributed by atoms with Crippen LogP contribution in [-0.2, 0) is 0 Å². The van der Waals surface area contributed by atoms with Crippen molar-refractivity contribution in [3.8, 4) is 40.0 Å². The Bertz CT molecular complexity index is 1130. The number of nitrogens with zero attached hydrogens (tertiary/aromatic N) is 4. The van der Waals surface area contributed by atoms with Gasteiger partial charge in [0.25, 0.3) is 0 Å². The van der Waals surface area contributed by atoms with E-state index in [2.05, 4.69) is 32.4 Å². The van der Waals surface area contributed by atoms with Crippen LogP contribution < -0.4 is 14.8 Å². The molecule has 166 valence electrons. The van der Waals surface area contributed by atoms with Gasteiger partial charge in [-0.2, -0.15) is 0 Å². The summed E-state index contributed by atoms with van der Waals surface area (Å²) in [5.74, 6) is 0.526. The number of aromatic nitrogens is 4. The number of rotatable bonds is 5. The highest BCUT2D eigenvalue weighted by atomic mass is 19.1. The number of aromatic hydroxyl groups is 1. The number of methoxy groups -OCH3 is 1. The van der Waals surface area contributed by atoms with Crippen LogP contribution in [0.15, 0.2) is 42.7 Å². The number of benzene rings is 1. The second-order valence-corrected chi connectivity index (χ2v) is 8.60. The number of hydrogen-bond donors (Lipinski definition) is 2. The van der Waals surface area contributed by atoms with Gasteiger partial charge in [0.2, 0.25) is 5.88 Å². The molecular weight excluding hydrogens is 413 g/mol. The Hall–Kier alpha value is -3.33. The van der Waals surface area contributed by atoms with Gasteiger partial charge in [0.15, 0.2) is 6.17 Å². The van der Waals surface area contributed by atoms with Crippen LogP contribution in [0.5, 0.6) is 17.6 Å². The molecule has 2 bridgehead atoms. The van der Waals surface area contributed by atoms with Gasteiger partial charge in [-0.05, 0) is 49.1 Å². The summed E-state index contributed by atoms with van der Waals surface area (Å²) in [6, 6.07) is 8.69. The van der Waals surface area contributed by atoms with Gasteiger partial charge < -0.3 is 19.9 Å². The first-order valence-corrected chi connectivity index (χ1v) is 10.6. The molecule has 0 amide bonds. The minimum Gasteiger partial charge on any atom is -0.507 e. The topological polar surface area (TPSA) is 102 Å². The molecule has 3 aromatic rings. The maximum atomic E-state index is 14.7. The molecule has 2 aliphatic heterocycles. The van der Waals surface area contributed by atoms with Crippen LogP contribution in [0.4, 0.5) is 4.39 Å². The monoisotopic (exact) mass is 437 g/mol. The summed E-state index contributed by atoms with van der Waals surface area (Å²) in [6.07, 6.45) is 3.68. The minimum absolute atomic E-state index is 0.0336. The Morgan fingerprint density at radius 3 is 2.75 bits per heavy atom. The van der Waals surface area contributed by atoms with Gasteiger partial charge in [-0.25, -0.2) is 14.4 Å². The second kappa shape index (κ2) is 7.98. The third kappa shape index (κ3) is 3.84. The highest BCUT2D eigenvalue weighted by Crippen LogP contribution is 2.38. The molecule has 2 aliphatic rings. The van der Waals surface area contributed by atoms with Crippen molar-refractivity contribution < 1.29 is 19.0 Å². The minimum atomic E-state index is -1.11. The van der Waals surface area contributed by atoms with Gasteiger partial charge in [-0.3, -0.25) is 0 Å². The number of halogens is 1. The first-order chi connectivity index (χ1) is 15.4. The van der Waals surface area contributed by atoms with Crippen molar-refractivity contribution in [3.63, 3.8) is 0 Å². The van der Waals surface area contributed by atoms with Crippen LogP contribution in [0.1, 0.15) is 26.2 Å². The summed E-state index contributed by atoms with van der Waals surface area (Å²) >= 11 is 0. The lowest BCUT2D eigenvalue weighted by atomic mass is 9.90. The van der Waals surface area contributed by atoms with Crippen LogP contribution in [0.3, 0.4) is 0 Å². The molecule has 9 heteroatoms. The fourth-order valence-corrected chi connectivity index (χ4v) is 4.59. The Kier molecular flexibility index (Phi) is 5.13. The number of ether oxygens (including phenoxy) is 2. The fraction of sp³-hybridized carbons (Fsp3) is 0.391. The maximum absolute atomic E-state index is 14.7. The zero-order valence-electron chi connectivity index (χ0n) is 17.8. The molecule has 2 saturated heterocycles. The van der Waals surface area contributed by atoms with Crippen molar-refractivity contribution in [2.24, 2.45) is 0 Å². The molecule has 32 heavy (non-hydrogen) atoms. The zero-order valence-corrected chi connectivity index (χ0v) is 17.8. The van der Waals surface area contributed by atoms with E-state index in [-0.39, 0.29) is 23.3 Å². The Morgan fingerprint density at radius 2 is 2.00 bits per heavy atom. The summed E-state index contributed by atoms with van der Waals surface area (Å²) < 4.78 is 25.6. The molecule has 2 N–H and O–H groups in total. The summed E-state index contributed by atoms with van der Waals surface area (Å²) in [7, 11) is 1.55. The number of alkyl halides is 1. The molecule has 0 saturated carbocycles. The second-order valence-electron chi connectivity index (χ2n) is 8.60. The predicted octanol–water partition coefficient (Wildman–Crippen LogP) is 3.31. The Labute approximate surface area is 184 Å². The SMILES string of the molecule is COc1cc(-c2ccc(-c3cnc(O[C@@H]4C[C@@]5(C)CCC(N5)[C@@H]4F)nn3)c(O)c2)ccn1. The molecule has 0 aliphatic carbocycles. The van der Waals surface area contributed by atoms with Crippen molar-refractivity contribution in [2.45, 2.75) is 50.0 Å². The van der Waals surface area contributed by atoms with Crippen LogP contribution in [0, 0.1) is 0 Å². The Balaban J connectivity index is 1.33. The van der Waals surface area contributed by atoms with E-state index in [0.29, 0.717) is 23.6 Å². The number of pyridine rings is 1. The molecular formula is C23H24FN5O3. The van der Waals surface area contributed by atoms with E-state index in [4.69, 9.17) is 9.47 Å². The van der Waals surface area contributed by atoms with Crippen LogP contribution in [0.2, 0.25) is 0 Å². The van der Waals surface area contributed by atoms with Gasteiger partial charge >= 0.3 is 6.01 Å². The first kappa shape index (κ1) is 20.6.